The Kier molecular flexibility index (Phi) is 7.75. The van der Waals surface area contributed by atoms with E-state index in [9.17, 15) is 4.79 Å². The van der Waals surface area contributed by atoms with E-state index in [1.54, 1.807) is 31.4 Å². The van der Waals surface area contributed by atoms with Crippen molar-refractivity contribution in [3.8, 4) is 17.1 Å². The maximum absolute atomic E-state index is 12.6. The highest BCUT2D eigenvalue weighted by molar-refractivity contribution is 5.94. The fourth-order valence-electron chi connectivity index (χ4n) is 2.75. The minimum atomic E-state index is -0.404. The lowest BCUT2D eigenvalue weighted by Gasteiger charge is -2.18. The van der Waals surface area contributed by atoms with Crippen LogP contribution in [0.2, 0.25) is 0 Å². The van der Waals surface area contributed by atoms with Crippen molar-refractivity contribution in [3.05, 3.63) is 65.5 Å². The number of nitrogens with one attached hydrogen (secondary N) is 1. The van der Waals surface area contributed by atoms with Crippen molar-refractivity contribution < 1.29 is 14.1 Å². The van der Waals surface area contributed by atoms with Gasteiger partial charge in [0, 0.05) is 17.7 Å². The zero-order chi connectivity index (χ0) is 20.1. The molecule has 8 heteroatoms. The van der Waals surface area contributed by atoms with Crippen molar-refractivity contribution in [2.75, 3.05) is 7.11 Å². The molecule has 0 bridgehead atoms. The van der Waals surface area contributed by atoms with Gasteiger partial charge < -0.3 is 20.3 Å². The van der Waals surface area contributed by atoms with E-state index in [1.165, 1.54) is 0 Å². The average Bonchev–Trinajstić information content (AvgIpc) is 3.21. The van der Waals surface area contributed by atoms with Crippen LogP contribution in [0.5, 0.6) is 5.75 Å². The van der Waals surface area contributed by atoms with Crippen molar-refractivity contribution >= 4 is 18.3 Å². The second-order valence-electron chi connectivity index (χ2n) is 6.78. The van der Waals surface area contributed by atoms with Gasteiger partial charge in [-0.2, -0.15) is 4.98 Å². The van der Waals surface area contributed by atoms with Crippen molar-refractivity contribution in [3.63, 3.8) is 0 Å². The molecular weight excluding hydrogens is 392 g/mol. The number of methoxy groups -OCH3 is 1. The number of rotatable bonds is 7. The van der Waals surface area contributed by atoms with E-state index in [2.05, 4.69) is 15.5 Å². The normalized spacial score (nSPS) is 11.6. The first-order chi connectivity index (χ1) is 13.5. The molecule has 0 radical (unpaired) electrons. The lowest BCUT2D eigenvalue weighted by atomic mass is 10.0. The first-order valence-corrected chi connectivity index (χ1v) is 9.09. The van der Waals surface area contributed by atoms with E-state index in [0.29, 0.717) is 29.6 Å². The molecule has 0 aliphatic rings. The summed E-state index contributed by atoms with van der Waals surface area (Å²) in [6, 6.07) is 14.2. The molecule has 1 heterocycles. The number of nitrogens with two attached hydrogens (primary N) is 1. The third-order valence-electron chi connectivity index (χ3n) is 4.46. The van der Waals surface area contributed by atoms with Crippen LogP contribution in [-0.4, -0.2) is 23.2 Å². The lowest BCUT2D eigenvalue weighted by Crippen LogP contribution is -2.32. The summed E-state index contributed by atoms with van der Waals surface area (Å²) in [7, 11) is 1.58. The van der Waals surface area contributed by atoms with E-state index in [0.717, 1.165) is 11.1 Å². The van der Waals surface area contributed by atoms with Crippen molar-refractivity contribution in [2.45, 2.75) is 26.4 Å². The third-order valence-corrected chi connectivity index (χ3v) is 4.46. The van der Waals surface area contributed by atoms with Gasteiger partial charge in [0.1, 0.15) is 11.8 Å². The van der Waals surface area contributed by atoms with Gasteiger partial charge in [-0.3, -0.25) is 4.79 Å². The maximum atomic E-state index is 12.6. The summed E-state index contributed by atoms with van der Waals surface area (Å²) in [4.78, 5) is 17.1. The van der Waals surface area contributed by atoms with Gasteiger partial charge in [0.2, 0.25) is 11.7 Å². The van der Waals surface area contributed by atoms with Gasteiger partial charge in [-0.05, 0) is 35.7 Å². The number of hydrogen-bond acceptors (Lipinski definition) is 6. The van der Waals surface area contributed by atoms with Crippen LogP contribution >= 0.6 is 12.4 Å². The van der Waals surface area contributed by atoms with E-state index >= 15 is 0 Å². The fourth-order valence-corrected chi connectivity index (χ4v) is 2.75. The van der Waals surface area contributed by atoms with Gasteiger partial charge in [0.15, 0.2) is 0 Å². The van der Waals surface area contributed by atoms with Crippen LogP contribution in [-0.2, 0) is 6.54 Å². The Morgan fingerprint density at radius 1 is 1.14 bits per heavy atom. The van der Waals surface area contributed by atoms with Crippen LogP contribution in [0.3, 0.4) is 0 Å². The largest absolute Gasteiger partial charge is 0.497 e. The standard InChI is InChI=1S/C21H24N4O3.ClH/c1-13(2)18(23-20(26)16-8-10-17(27-3)11-9-16)21-24-19(25-28-21)15-6-4-14(12-22)5-7-15;/h4-11,13,18H,12,22H2,1-3H3,(H,23,26);1H. The van der Waals surface area contributed by atoms with Crippen molar-refractivity contribution in [1.82, 2.24) is 15.5 Å². The average molecular weight is 417 g/mol. The van der Waals surface area contributed by atoms with Gasteiger partial charge in [-0.15, -0.1) is 12.4 Å². The quantitative estimate of drug-likeness (QED) is 0.607. The molecule has 154 valence electrons. The van der Waals surface area contributed by atoms with Gasteiger partial charge in [0.05, 0.1) is 7.11 Å². The molecule has 3 aromatic rings. The molecule has 0 saturated heterocycles. The monoisotopic (exact) mass is 416 g/mol. The first-order valence-electron chi connectivity index (χ1n) is 9.09. The molecular formula is C21H25ClN4O3. The van der Waals surface area contributed by atoms with Gasteiger partial charge in [-0.25, -0.2) is 0 Å². The smallest absolute Gasteiger partial charge is 0.251 e. The minimum absolute atomic E-state index is 0. The Labute approximate surface area is 176 Å². The number of hydrogen-bond donors (Lipinski definition) is 2. The van der Waals surface area contributed by atoms with E-state index < -0.39 is 6.04 Å². The number of carbonyl (C=O) groups is 1. The summed E-state index contributed by atoms with van der Waals surface area (Å²) in [5.74, 6) is 1.39. The highest BCUT2D eigenvalue weighted by Crippen LogP contribution is 2.24. The predicted molar refractivity (Wildman–Crippen MR) is 113 cm³/mol. The van der Waals surface area contributed by atoms with Gasteiger partial charge >= 0.3 is 0 Å². The van der Waals surface area contributed by atoms with Crippen LogP contribution in [0.4, 0.5) is 0 Å². The molecule has 0 aliphatic heterocycles. The zero-order valence-corrected chi connectivity index (χ0v) is 17.4. The molecule has 3 N–H and O–H groups in total. The Hall–Kier alpha value is -2.90. The minimum Gasteiger partial charge on any atom is -0.497 e. The van der Waals surface area contributed by atoms with Crippen molar-refractivity contribution in [1.29, 1.82) is 0 Å². The molecule has 0 aliphatic carbocycles. The highest BCUT2D eigenvalue weighted by Gasteiger charge is 2.25. The van der Waals surface area contributed by atoms with E-state index in [1.807, 2.05) is 38.1 Å². The molecule has 1 atom stereocenters. The Morgan fingerprint density at radius 2 is 1.79 bits per heavy atom. The van der Waals surface area contributed by atoms with Crippen molar-refractivity contribution in [2.24, 2.45) is 11.7 Å². The summed E-state index contributed by atoms with van der Waals surface area (Å²) in [6.07, 6.45) is 0. The lowest BCUT2D eigenvalue weighted by molar-refractivity contribution is 0.0914. The maximum Gasteiger partial charge on any atom is 0.251 e. The summed E-state index contributed by atoms with van der Waals surface area (Å²) >= 11 is 0. The van der Waals surface area contributed by atoms with Crippen LogP contribution in [0.25, 0.3) is 11.4 Å². The number of benzene rings is 2. The Balaban J connectivity index is 0.00000300. The second-order valence-corrected chi connectivity index (χ2v) is 6.78. The highest BCUT2D eigenvalue weighted by atomic mass is 35.5. The molecule has 0 saturated carbocycles. The molecule has 2 aromatic carbocycles. The Bertz CT molecular complexity index is 924. The zero-order valence-electron chi connectivity index (χ0n) is 16.6. The molecule has 1 aromatic heterocycles. The van der Waals surface area contributed by atoms with Crippen LogP contribution in [0, 0.1) is 5.92 Å². The number of ether oxygens (including phenoxy) is 1. The molecule has 0 fully saturated rings. The summed E-state index contributed by atoms with van der Waals surface area (Å²) in [5, 5.41) is 7.04. The van der Waals surface area contributed by atoms with Gasteiger partial charge in [0.25, 0.3) is 5.91 Å². The topological polar surface area (TPSA) is 103 Å². The molecule has 7 nitrogen and oxygen atoms in total. The van der Waals surface area contributed by atoms with Crippen LogP contribution in [0.15, 0.2) is 53.1 Å². The van der Waals surface area contributed by atoms with E-state index in [4.69, 9.17) is 15.0 Å². The molecule has 1 unspecified atom stereocenters. The number of amides is 1. The summed E-state index contributed by atoms with van der Waals surface area (Å²) in [6.45, 7) is 4.45. The number of aromatic nitrogens is 2. The third kappa shape index (κ3) is 5.34. The summed E-state index contributed by atoms with van der Waals surface area (Å²) < 4.78 is 10.6. The molecule has 0 spiro atoms. The fraction of sp³-hybridized carbons (Fsp3) is 0.286. The first kappa shape index (κ1) is 22.4. The number of halogens is 1. The Morgan fingerprint density at radius 3 is 2.34 bits per heavy atom. The van der Waals surface area contributed by atoms with Crippen LogP contribution in [0.1, 0.15) is 41.7 Å². The molecule has 3 rings (SSSR count). The van der Waals surface area contributed by atoms with E-state index in [-0.39, 0.29) is 24.2 Å². The SMILES string of the molecule is COc1ccc(C(=O)NC(c2nc(-c3ccc(CN)cc3)no2)C(C)C)cc1.Cl. The number of nitrogens with zero attached hydrogens (tertiary/aromatic N) is 2. The second kappa shape index (κ2) is 10.0. The summed E-state index contributed by atoms with van der Waals surface area (Å²) in [5.41, 5.74) is 8.02. The number of carbonyl (C=O) groups excluding carboxylic acids is 1. The van der Waals surface area contributed by atoms with Gasteiger partial charge in [-0.1, -0.05) is 43.3 Å². The molecule has 1 amide bonds. The predicted octanol–water partition coefficient (Wildman–Crippen LogP) is 3.75. The van der Waals surface area contributed by atoms with Crippen LogP contribution < -0.4 is 15.8 Å². The molecule has 29 heavy (non-hydrogen) atoms.